The molecule has 2 saturated heterocycles. The SMILES string of the molecule is CCCCN1C(=O)C2CCCN2C(=O)C1CC. The van der Waals surface area contributed by atoms with Crippen LogP contribution < -0.4 is 0 Å². The average molecular weight is 238 g/mol. The summed E-state index contributed by atoms with van der Waals surface area (Å²) in [6.45, 7) is 5.61. The van der Waals surface area contributed by atoms with Crippen molar-refractivity contribution in [3.8, 4) is 0 Å². The van der Waals surface area contributed by atoms with Crippen LogP contribution in [0.4, 0.5) is 0 Å². The number of unbranched alkanes of at least 4 members (excludes halogenated alkanes) is 1. The molecule has 2 rings (SSSR count). The van der Waals surface area contributed by atoms with Crippen LogP contribution in [0.1, 0.15) is 46.0 Å². The third-order valence-corrected chi connectivity index (χ3v) is 3.90. The lowest BCUT2D eigenvalue weighted by atomic mass is 10.0. The molecule has 0 aromatic carbocycles. The summed E-state index contributed by atoms with van der Waals surface area (Å²) >= 11 is 0. The molecule has 0 aromatic heterocycles. The third kappa shape index (κ3) is 2.05. The number of nitrogens with zero attached hydrogens (tertiary/aromatic N) is 2. The van der Waals surface area contributed by atoms with E-state index < -0.39 is 0 Å². The Morgan fingerprint density at radius 3 is 2.65 bits per heavy atom. The fourth-order valence-electron chi connectivity index (χ4n) is 2.95. The van der Waals surface area contributed by atoms with E-state index in [9.17, 15) is 9.59 Å². The van der Waals surface area contributed by atoms with Gasteiger partial charge in [-0.3, -0.25) is 9.59 Å². The second-order valence-electron chi connectivity index (χ2n) is 5.00. The number of rotatable bonds is 4. The van der Waals surface area contributed by atoms with Gasteiger partial charge in [-0.05, 0) is 25.7 Å². The normalized spacial score (nSPS) is 28.8. The smallest absolute Gasteiger partial charge is 0.246 e. The highest BCUT2D eigenvalue weighted by atomic mass is 16.2. The lowest BCUT2D eigenvalue weighted by Crippen LogP contribution is -2.62. The monoisotopic (exact) mass is 238 g/mol. The lowest BCUT2D eigenvalue weighted by molar-refractivity contribution is -0.159. The Kier molecular flexibility index (Phi) is 3.69. The molecule has 2 heterocycles. The number of fused-ring (bicyclic) bond motifs is 1. The molecule has 0 N–H and O–H groups in total. The van der Waals surface area contributed by atoms with Gasteiger partial charge in [-0.15, -0.1) is 0 Å². The number of piperazine rings is 1. The molecule has 2 aliphatic rings. The van der Waals surface area contributed by atoms with Gasteiger partial charge in [0.25, 0.3) is 0 Å². The predicted octanol–water partition coefficient (Wildman–Crippen LogP) is 1.40. The third-order valence-electron chi connectivity index (χ3n) is 3.90. The summed E-state index contributed by atoms with van der Waals surface area (Å²) in [5.41, 5.74) is 0. The van der Waals surface area contributed by atoms with E-state index in [2.05, 4.69) is 6.92 Å². The molecule has 0 aliphatic carbocycles. The van der Waals surface area contributed by atoms with Crippen LogP contribution in [0.15, 0.2) is 0 Å². The summed E-state index contributed by atoms with van der Waals surface area (Å²) in [4.78, 5) is 28.3. The Bertz CT molecular complexity index is 317. The minimum atomic E-state index is -0.205. The maximum Gasteiger partial charge on any atom is 0.246 e. The van der Waals surface area contributed by atoms with Gasteiger partial charge in [0.1, 0.15) is 12.1 Å². The van der Waals surface area contributed by atoms with Crippen molar-refractivity contribution < 1.29 is 9.59 Å². The van der Waals surface area contributed by atoms with Gasteiger partial charge in [0.15, 0.2) is 0 Å². The zero-order valence-corrected chi connectivity index (χ0v) is 10.8. The van der Waals surface area contributed by atoms with Crippen LogP contribution in [-0.2, 0) is 9.59 Å². The van der Waals surface area contributed by atoms with Crippen molar-refractivity contribution in [3.63, 3.8) is 0 Å². The van der Waals surface area contributed by atoms with Gasteiger partial charge in [-0.1, -0.05) is 20.3 Å². The van der Waals surface area contributed by atoms with E-state index in [0.29, 0.717) is 0 Å². The number of hydrogen-bond acceptors (Lipinski definition) is 2. The lowest BCUT2D eigenvalue weighted by Gasteiger charge is -2.42. The largest absolute Gasteiger partial charge is 0.329 e. The molecule has 4 heteroatoms. The molecule has 2 aliphatic heterocycles. The molecule has 2 fully saturated rings. The van der Waals surface area contributed by atoms with E-state index >= 15 is 0 Å². The van der Waals surface area contributed by atoms with Crippen LogP contribution in [0, 0.1) is 0 Å². The van der Waals surface area contributed by atoms with Crippen LogP contribution in [0.2, 0.25) is 0 Å². The molecule has 0 spiro atoms. The summed E-state index contributed by atoms with van der Waals surface area (Å²) in [6.07, 6.45) is 4.60. The molecule has 2 atom stereocenters. The summed E-state index contributed by atoms with van der Waals surface area (Å²) in [6, 6.07) is -0.356. The fraction of sp³-hybridized carbons (Fsp3) is 0.846. The standard InChI is InChI=1S/C13H22N2O2/c1-3-5-8-14-10(4-2)12(16)15-9-6-7-11(15)13(14)17/h10-11H,3-9H2,1-2H3. The summed E-state index contributed by atoms with van der Waals surface area (Å²) in [5, 5.41) is 0. The maximum atomic E-state index is 12.4. The van der Waals surface area contributed by atoms with Gasteiger partial charge in [-0.2, -0.15) is 0 Å². The van der Waals surface area contributed by atoms with Crippen molar-refractivity contribution in [2.45, 2.75) is 58.0 Å². The van der Waals surface area contributed by atoms with Crippen molar-refractivity contribution >= 4 is 11.8 Å². The van der Waals surface area contributed by atoms with Gasteiger partial charge in [-0.25, -0.2) is 0 Å². The highest BCUT2D eigenvalue weighted by Gasteiger charge is 2.46. The Balaban J connectivity index is 2.17. The maximum absolute atomic E-state index is 12.4. The summed E-state index contributed by atoms with van der Waals surface area (Å²) in [5.74, 6) is 0.355. The molecule has 96 valence electrons. The van der Waals surface area contributed by atoms with Gasteiger partial charge in [0, 0.05) is 13.1 Å². The van der Waals surface area contributed by atoms with Crippen LogP contribution in [-0.4, -0.2) is 46.8 Å². The molecule has 0 radical (unpaired) electrons. The Hall–Kier alpha value is -1.06. The molecule has 4 nitrogen and oxygen atoms in total. The minimum Gasteiger partial charge on any atom is -0.329 e. The van der Waals surface area contributed by atoms with Crippen LogP contribution >= 0.6 is 0 Å². The second-order valence-corrected chi connectivity index (χ2v) is 5.00. The van der Waals surface area contributed by atoms with Gasteiger partial charge in [0.2, 0.25) is 11.8 Å². The van der Waals surface area contributed by atoms with Gasteiger partial charge < -0.3 is 9.80 Å². The van der Waals surface area contributed by atoms with Crippen molar-refractivity contribution in [2.75, 3.05) is 13.1 Å². The highest BCUT2D eigenvalue weighted by molar-refractivity contribution is 5.97. The van der Waals surface area contributed by atoms with Crippen molar-refractivity contribution in [1.29, 1.82) is 0 Å². The molecule has 0 saturated carbocycles. The first-order chi connectivity index (χ1) is 8.20. The Labute approximate surface area is 103 Å². The first-order valence-electron chi connectivity index (χ1n) is 6.81. The average Bonchev–Trinajstić information content (AvgIpc) is 2.81. The van der Waals surface area contributed by atoms with E-state index in [4.69, 9.17) is 0 Å². The minimum absolute atomic E-state index is 0.151. The van der Waals surface area contributed by atoms with Crippen molar-refractivity contribution in [1.82, 2.24) is 9.80 Å². The van der Waals surface area contributed by atoms with E-state index in [0.717, 1.165) is 45.2 Å². The van der Waals surface area contributed by atoms with Gasteiger partial charge in [0.05, 0.1) is 0 Å². The van der Waals surface area contributed by atoms with Crippen LogP contribution in [0.3, 0.4) is 0 Å². The zero-order chi connectivity index (χ0) is 12.4. The summed E-state index contributed by atoms with van der Waals surface area (Å²) < 4.78 is 0. The van der Waals surface area contributed by atoms with Crippen molar-refractivity contribution in [2.24, 2.45) is 0 Å². The number of carbonyl (C=O) groups is 2. The molecule has 0 aromatic rings. The van der Waals surface area contributed by atoms with Gasteiger partial charge >= 0.3 is 0 Å². The van der Waals surface area contributed by atoms with E-state index in [1.54, 1.807) is 4.90 Å². The van der Waals surface area contributed by atoms with E-state index in [1.165, 1.54) is 0 Å². The first kappa shape index (κ1) is 12.4. The van der Waals surface area contributed by atoms with E-state index in [1.807, 2.05) is 11.8 Å². The first-order valence-corrected chi connectivity index (χ1v) is 6.81. The number of amides is 2. The second kappa shape index (κ2) is 5.07. The molecular weight excluding hydrogens is 216 g/mol. The highest BCUT2D eigenvalue weighted by Crippen LogP contribution is 2.28. The van der Waals surface area contributed by atoms with E-state index in [-0.39, 0.29) is 23.9 Å². The zero-order valence-electron chi connectivity index (χ0n) is 10.8. The quantitative estimate of drug-likeness (QED) is 0.742. The molecule has 2 amide bonds. The van der Waals surface area contributed by atoms with Crippen molar-refractivity contribution in [3.05, 3.63) is 0 Å². The Morgan fingerprint density at radius 1 is 1.24 bits per heavy atom. The fourth-order valence-corrected chi connectivity index (χ4v) is 2.95. The Morgan fingerprint density at radius 2 is 2.00 bits per heavy atom. The topological polar surface area (TPSA) is 40.6 Å². The molecule has 17 heavy (non-hydrogen) atoms. The summed E-state index contributed by atoms with van der Waals surface area (Å²) in [7, 11) is 0. The van der Waals surface area contributed by atoms with Crippen LogP contribution in [0.25, 0.3) is 0 Å². The number of hydrogen-bond donors (Lipinski definition) is 0. The predicted molar refractivity (Wildman–Crippen MR) is 65.4 cm³/mol. The van der Waals surface area contributed by atoms with Crippen LogP contribution in [0.5, 0.6) is 0 Å². The molecule has 0 bridgehead atoms. The number of carbonyl (C=O) groups excluding carboxylic acids is 2. The molecular formula is C13H22N2O2. The molecule has 2 unspecified atom stereocenters.